The number of esters is 1. The Bertz CT molecular complexity index is 920. The van der Waals surface area contributed by atoms with E-state index in [2.05, 4.69) is 49.7 Å². The maximum absolute atomic E-state index is 11.6. The molecule has 0 saturated carbocycles. The summed E-state index contributed by atoms with van der Waals surface area (Å²) < 4.78 is 4.97. The summed E-state index contributed by atoms with van der Waals surface area (Å²) >= 11 is 1.96. The summed E-state index contributed by atoms with van der Waals surface area (Å²) in [5.41, 5.74) is 5.52. The molecule has 3 nitrogen and oxygen atoms in total. The van der Waals surface area contributed by atoms with Crippen molar-refractivity contribution in [2.24, 2.45) is 0 Å². The van der Waals surface area contributed by atoms with Gasteiger partial charge >= 0.3 is 5.97 Å². The lowest BCUT2D eigenvalue weighted by Gasteiger charge is -2.32. The highest BCUT2D eigenvalue weighted by Gasteiger charge is 2.28. The normalized spacial score (nSPS) is 14.6. The highest BCUT2D eigenvalue weighted by Crippen LogP contribution is 2.42. The smallest absolute Gasteiger partial charge is 0.310 e. The summed E-state index contributed by atoms with van der Waals surface area (Å²) in [7, 11) is 0. The highest BCUT2D eigenvalue weighted by molar-refractivity contribution is 7.99. The molecule has 0 amide bonds. The standard InChI is InChI=1S/C24H27NO2S/c1-5-18-15-22-21(24(3,4)11-12-28-22)14-19(18)8-10-20-9-7-17(16-25-20)13-23(26)27-6-2/h7,9,14-16H,5-6,11-13H2,1-4H3. The molecule has 0 bridgehead atoms. The van der Waals surface area contributed by atoms with Crippen LogP contribution in [0, 0.1) is 11.8 Å². The van der Waals surface area contributed by atoms with Gasteiger partial charge in [-0.1, -0.05) is 32.8 Å². The molecule has 4 heteroatoms. The van der Waals surface area contributed by atoms with Gasteiger partial charge in [-0.15, -0.1) is 11.8 Å². The van der Waals surface area contributed by atoms with Gasteiger partial charge in [0.15, 0.2) is 0 Å². The summed E-state index contributed by atoms with van der Waals surface area (Å²) in [4.78, 5) is 17.4. The lowest BCUT2D eigenvalue weighted by molar-refractivity contribution is -0.142. The van der Waals surface area contributed by atoms with Crippen molar-refractivity contribution in [3.63, 3.8) is 0 Å². The molecule has 0 saturated heterocycles. The first-order valence-corrected chi connectivity index (χ1v) is 10.8. The first-order chi connectivity index (χ1) is 13.4. The van der Waals surface area contributed by atoms with Crippen molar-refractivity contribution in [1.29, 1.82) is 0 Å². The Kier molecular flexibility index (Phi) is 6.46. The molecule has 1 aliphatic heterocycles. The number of hydrogen-bond donors (Lipinski definition) is 0. The number of fused-ring (bicyclic) bond motifs is 1. The van der Waals surface area contributed by atoms with E-state index in [9.17, 15) is 4.79 Å². The van der Waals surface area contributed by atoms with Crippen molar-refractivity contribution in [2.45, 2.75) is 57.3 Å². The summed E-state index contributed by atoms with van der Waals surface area (Å²) in [6.45, 7) is 9.01. The Morgan fingerprint density at radius 1 is 1.25 bits per heavy atom. The third-order valence-corrected chi connectivity index (χ3v) is 6.16. The van der Waals surface area contributed by atoms with Crippen LogP contribution in [0.2, 0.25) is 0 Å². The number of carbonyl (C=O) groups excluding carboxylic acids is 1. The largest absolute Gasteiger partial charge is 0.466 e. The van der Waals surface area contributed by atoms with E-state index in [1.165, 1.54) is 28.2 Å². The van der Waals surface area contributed by atoms with E-state index in [1.807, 2.05) is 23.9 Å². The monoisotopic (exact) mass is 393 g/mol. The number of ether oxygens (including phenoxy) is 1. The Balaban J connectivity index is 1.84. The number of rotatable bonds is 4. The topological polar surface area (TPSA) is 39.2 Å². The summed E-state index contributed by atoms with van der Waals surface area (Å²) in [6.07, 6.45) is 4.09. The molecule has 0 fully saturated rings. The summed E-state index contributed by atoms with van der Waals surface area (Å²) in [6, 6.07) is 8.36. The number of pyridine rings is 1. The van der Waals surface area contributed by atoms with Gasteiger partial charge in [-0.2, -0.15) is 0 Å². The van der Waals surface area contributed by atoms with E-state index in [1.54, 1.807) is 13.1 Å². The Morgan fingerprint density at radius 3 is 2.75 bits per heavy atom. The predicted octanol–water partition coefficient (Wildman–Crippen LogP) is 4.92. The molecule has 1 aromatic heterocycles. The van der Waals surface area contributed by atoms with Crippen LogP contribution in [0.5, 0.6) is 0 Å². The van der Waals surface area contributed by atoms with Gasteiger partial charge in [0.2, 0.25) is 0 Å². The number of carbonyl (C=O) groups is 1. The van der Waals surface area contributed by atoms with Crippen LogP contribution in [-0.2, 0) is 27.8 Å². The molecule has 3 rings (SSSR count). The lowest BCUT2D eigenvalue weighted by atomic mass is 9.80. The minimum Gasteiger partial charge on any atom is -0.466 e. The minimum absolute atomic E-state index is 0.191. The molecule has 0 unspecified atom stereocenters. The van der Waals surface area contributed by atoms with Gasteiger partial charge in [-0.25, -0.2) is 4.98 Å². The average Bonchev–Trinajstić information content (AvgIpc) is 2.67. The first-order valence-electron chi connectivity index (χ1n) is 9.85. The summed E-state index contributed by atoms with van der Waals surface area (Å²) in [5.74, 6) is 7.47. The Labute approximate surface area is 172 Å². The van der Waals surface area contributed by atoms with Gasteiger partial charge in [-0.05, 0) is 71.7 Å². The van der Waals surface area contributed by atoms with E-state index in [-0.39, 0.29) is 17.8 Å². The zero-order chi connectivity index (χ0) is 20.1. The van der Waals surface area contributed by atoms with Crippen molar-refractivity contribution >= 4 is 17.7 Å². The van der Waals surface area contributed by atoms with Gasteiger partial charge in [0.1, 0.15) is 5.69 Å². The SMILES string of the molecule is CCOC(=O)Cc1ccc(C#Cc2cc3c(cc2CC)SCCC3(C)C)nc1. The molecular weight excluding hydrogens is 366 g/mol. The first kappa shape index (κ1) is 20.5. The maximum atomic E-state index is 11.6. The molecule has 1 aromatic carbocycles. The molecule has 0 N–H and O–H groups in total. The molecule has 0 atom stereocenters. The lowest BCUT2D eigenvalue weighted by Crippen LogP contribution is -2.23. The molecule has 146 valence electrons. The summed E-state index contributed by atoms with van der Waals surface area (Å²) in [5, 5.41) is 0. The molecule has 1 aliphatic rings. The van der Waals surface area contributed by atoms with Crippen LogP contribution in [0.1, 0.15) is 62.1 Å². The number of thioether (sulfide) groups is 1. The number of aromatic nitrogens is 1. The van der Waals surface area contributed by atoms with Gasteiger partial charge in [-0.3, -0.25) is 4.79 Å². The fraction of sp³-hybridized carbons (Fsp3) is 0.417. The van der Waals surface area contributed by atoms with Crippen LogP contribution in [0.4, 0.5) is 0 Å². The fourth-order valence-electron chi connectivity index (χ4n) is 3.34. The maximum Gasteiger partial charge on any atom is 0.310 e. The number of nitrogens with zero attached hydrogens (tertiary/aromatic N) is 1. The van der Waals surface area contributed by atoms with E-state index in [0.29, 0.717) is 12.3 Å². The minimum atomic E-state index is -0.231. The molecule has 2 aromatic rings. The molecule has 28 heavy (non-hydrogen) atoms. The Hall–Kier alpha value is -2.25. The van der Waals surface area contributed by atoms with Crippen molar-refractivity contribution < 1.29 is 9.53 Å². The van der Waals surface area contributed by atoms with E-state index in [0.717, 1.165) is 17.5 Å². The van der Waals surface area contributed by atoms with Crippen LogP contribution in [0.15, 0.2) is 35.4 Å². The fourth-order valence-corrected chi connectivity index (χ4v) is 4.89. The van der Waals surface area contributed by atoms with Crippen molar-refractivity contribution in [2.75, 3.05) is 12.4 Å². The number of benzene rings is 1. The number of aryl methyl sites for hydroxylation is 1. The second-order valence-corrected chi connectivity index (χ2v) is 8.76. The van der Waals surface area contributed by atoms with E-state index < -0.39 is 0 Å². The molecule has 0 aliphatic carbocycles. The van der Waals surface area contributed by atoms with Crippen LogP contribution in [0.25, 0.3) is 0 Å². The van der Waals surface area contributed by atoms with E-state index in [4.69, 9.17) is 4.74 Å². The average molecular weight is 394 g/mol. The van der Waals surface area contributed by atoms with Gasteiger partial charge in [0.05, 0.1) is 13.0 Å². The molecule has 0 radical (unpaired) electrons. The molecule has 0 spiro atoms. The van der Waals surface area contributed by atoms with E-state index >= 15 is 0 Å². The number of hydrogen-bond acceptors (Lipinski definition) is 4. The van der Waals surface area contributed by atoms with Crippen LogP contribution >= 0.6 is 11.8 Å². The van der Waals surface area contributed by atoms with Crippen molar-refractivity contribution in [1.82, 2.24) is 4.98 Å². The predicted molar refractivity (Wildman–Crippen MR) is 115 cm³/mol. The van der Waals surface area contributed by atoms with Gasteiger partial charge in [0, 0.05) is 16.7 Å². The quantitative estimate of drug-likeness (QED) is 0.546. The van der Waals surface area contributed by atoms with Gasteiger partial charge in [0.25, 0.3) is 0 Å². The third-order valence-electron chi connectivity index (χ3n) is 5.10. The third kappa shape index (κ3) is 4.77. The second-order valence-electron chi connectivity index (χ2n) is 7.62. The molecule has 2 heterocycles. The van der Waals surface area contributed by atoms with Crippen molar-refractivity contribution in [3.8, 4) is 11.8 Å². The highest BCUT2D eigenvalue weighted by atomic mass is 32.2. The Morgan fingerprint density at radius 2 is 2.07 bits per heavy atom. The van der Waals surface area contributed by atoms with Crippen LogP contribution in [0.3, 0.4) is 0 Å². The molecular formula is C24H27NO2S. The van der Waals surface area contributed by atoms with Crippen LogP contribution < -0.4 is 0 Å². The second kappa shape index (κ2) is 8.84. The van der Waals surface area contributed by atoms with Gasteiger partial charge < -0.3 is 4.74 Å². The van der Waals surface area contributed by atoms with Crippen molar-refractivity contribution in [3.05, 3.63) is 58.4 Å². The zero-order valence-electron chi connectivity index (χ0n) is 17.1. The zero-order valence-corrected chi connectivity index (χ0v) is 17.9. The van der Waals surface area contributed by atoms with Crippen LogP contribution in [-0.4, -0.2) is 23.3 Å².